The van der Waals surface area contributed by atoms with Crippen LogP contribution in [0.1, 0.15) is 10.4 Å². The fourth-order valence-corrected chi connectivity index (χ4v) is 2.53. The third kappa shape index (κ3) is 3.28. The van der Waals surface area contributed by atoms with Crippen LogP contribution in [0.2, 0.25) is 0 Å². The van der Waals surface area contributed by atoms with E-state index in [0.717, 1.165) is 0 Å². The quantitative estimate of drug-likeness (QED) is 0.738. The molecule has 7 heteroatoms. The van der Waals surface area contributed by atoms with Crippen LogP contribution >= 0.6 is 0 Å². The molecule has 6 nitrogen and oxygen atoms in total. The Kier molecular flexibility index (Phi) is 4.83. The maximum absolute atomic E-state index is 12.1. The second-order valence-electron chi connectivity index (χ2n) is 3.82. The predicted octanol–water partition coefficient (Wildman–Crippen LogP) is -0.375. The van der Waals surface area contributed by atoms with Crippen molar-refractivity contribution in [1.29, 1.82) is 0 Å². The number of carbonyl (C=O) groups excluding carboxylic acids is 1. The molecular formula is C11H17N3O3S. The molecule has 0 saturated heterocycles. The lowest BCUT2D eigenvalue weighted by Gasteiger charge is -2.16. The van der Waals surface area contributed by atoms with Gasteiger partial charge in [0.25, 0.3) is 0 Å². The summed E-state index contributed by atoms with van der Waals surface area (Å²) in [5.74, 6) is -0.581. The summed E-state index contributed by atoms with van der Waals surface area (Å²) in [5, 5.41) is 2.88. The highest BCUT2D eigenvalue weighted by Crippen LogP contribution is 2.14. The summed E-state index contributed by atoms with van der Waals surface area (Å²) in [7, 11) is -0.252. The van der Waals surface area contributed by atoms with Crippen LogP contribution in [-0.2, 0) is 10.0 Å². The smallest absolute Gasteiger partial charge is 0.248 e. The van der Waals surface area contributed by atoms with Crippen LogP contribution in [0.15, 0.2) is 29.2 Å². The number of hydrogen-bond acceptors (Lipinski definition) is 4. The Balaban J connectivity index is 2.94. The lowest BCUT2D eigenvalue weighted by atomic mass is 10.2. The second-order valence-corrected chi connectivity index (χ2v) is 5.86. The summed E-state index contributed by atoms with van der Waals surface area (Å²) in [4.78, 5) is 11.0. The third-order valence-electron chi connectivity index (χ3n) is 2.52. The molecule has 0 unspecified atom stereocenters. The average Bonchev–Trinajstić information content (AvgIpc) is 2.35. The Morgan fingerprint density at radius 2 is 1.89 bits per heavy atom. The minimum absolute atomic E-state index is 0.145. The van der Waals surface area contributed by atoms with Gasteiger partial charge in [-0.2, -0.15) is 4.31 Å². The molecule has 0 spiro atoms. The van der Waals surface area contributed by atoms with E-state index in [-0.39, 0.29) is 10.5 Å². The molecule has 0 heterocycles. The van der Waals surface area contributed by atoms with Crippen molar-refractivity contribution in [2.24, 2.45) is 5.73 Å². The molecule has 0 saturated carbocycles. The van der Waals surface area contributed by atoms with Gasteiger partial charge in [-0.1, -0.05) is 0 Å². The number of nitrogens with two attached hydrogens (primary N) is 1. The van der Waals surface area contributed by atoms with Gasteiger partial charge in [-0.3, -0.25) is 4.79 Å². The number of likely N-dealkylation sites (N-methyl/N-ethyl adjacent to an activating group) is 2. The van der Waals surface area contributed by atoms with Gasteiger partial charge in [0, 0.05) is 25.7 Å². The minimum atomic E-state index is -3.51. The minimum Gasteiger partial charge on any atom is -0.366 e. The van der Waals surface area contributed by atoms with Crippen LogP contribution in [0.3, 0.4) is 0 Å². The molecule has 0 bridgehead atoms. The number of nitrogens with one attached hydrogen (secondary N) is 1. The standard InChI is InChI=1S/C11H17N3O3S/c1-13-7-8-14(2)18(16,17)10-5-3-9(4-6-10)11(12)15/h3-6,13H,7-8H2,1-2H3,(H2,12,15). The van der Waals surface area contributed by atoms with Crippen molar-refractivity contribution in [2.75, 3.05) is 27.2 Å². The highest BCUT2D eigenvalue weighted by molar-refractivity contribution is 7.89. The SMILES string of the molecule is CNCCN(C)S(=O)(=O)c1ccc(C(N)=O)cc1. The fourth-order valence-electron chi connectivity index (χ4n) is 1.36. The van der Waals surface area contributed by atoms with Crippen LogP contribution in [0.25, 0.3) is 0 Å². The summed E-state index contributed by atoms with van der Waals surface area (Å²) in [6, 6.07) is 5.57. The summed E-state index contributed by atoms with van der Waals surface area (Å²) < 4.78 is 25.5. The number of primary amides is 1. The van der Waals surface area contributed by atoms with E-state index < -0.39 is 15.9 Å². The number of nitrogens with zero attached hydrogens (tertiary/aromatic N) is 1. The van der Waals surface area contributed by atoms with Crippen molar-refractivity contribution in [3.8, 4) is 0 Å². The molecule has 0 aliphatic carbocycles. The van der Waals surface area contributed by atoms with Crippen molar-refractivity contribution >= 4 is 15.9 Å². The molecule has 3 N–H and O–H groups in total. The molecule has 0 atom stereocenters. The summed E-state index contributed by atoms with van der Waals surface area (Å²) in [6.45, 7) is 0.936. The molecule has 100 valence electrons. The lowest BCUT2D eigenvalue weighted by molar-refractivity contribution is 0.1000. The Labute approximate surface area is 107 Å². The average molecular weight is 271 g/mol. The first kappa shape index (κ1) is 14.6. The highest BCUT2D eigenvalue weighted by Gasteiger charge is 2.20. The van der Waals surface area contributed by atoms with Gasteiger partial charge < -0.3 is 11.1 Å². The molecule has 0 aromatic heterocycles. The first-order chi connectivity index (χ1) is 8.39. The van der Waals surface area contributed by atoms with Crippen molar-refractivity contribution < 1.29 is 13.2 Å². The zero-order valence-corrected chi connectivity index (χ0v) is 11.2. The first-order valence-corrected chi connectivity index (χ1v) is 6.84. The first-order valence-electron chi connectivity index (χ1n) is 5.40. The maximum atomic E-state index is 12.1. The molecule has 1 aromatic rings. The Hall–Kier alpha value is -1.44. The number of rotatable bonds is 6. The molecule has 1 rings (SSSR count). The fraction of sp³-hybridized carbons (Fsp3) is 0.364. The molecule has 0 aliphatic heterocycles. The lowest BCUT2D eigenvalue weighted by Crippen LogP contribution is -2.32. The van der Waals surface area contributed by atoms with E-state index in [1.807, 2.05) is 0 Å². The normalized spacial score (nSPS) is 11.7. The number of amides is 1. The van der Waals surface area contributed by atoms with Crippen LogP contribution in [0.4, 0.5) is 0 Å². The van der Waals surface area contributed by atoms with E-state index in [1.165, 1.54) is 35.6 Å². The number of hydrogen-bond donors (Lipinski definition) is 2. The van der Waals surface area contributed by atoms with Crippen LogP contribution in [0, 0.1) is 0 Å². The largest absolute Gasteiger partial charge is 0.366 e. The van der Waals surface area contributed by atoms with E-state index >= 15 is 0 Å². The topological polar surface area (TPSA) is 92.5 Å². The number of benzene rings is 1. The Morgan fingerprint density at radius 3 is 2.33 bits per heavy atom. The van der Waals surface area contributed by atoms with Gasteiger partial charge in [0.2, 0.25) is 15.9 Å². The molecule has 0 aliphatic rings. The van der Waals surface area contributed by atoms with E-state index in [2.05, 4.69) is 5.32 Å². The molecule has 18 heavy (non-hydrogen) atoms. The molecule has 0 fully saturated rings. The Bertz CT molecular complexity index is 511. The number of sulfonamides is 1. The monoisotopic (exact) mass is 271 g/mol. The number of carbonyl (C=O) groups is 1. The van der Waals surface area contributed by atoms with Gasteiger partial charge in [-0.05, 0) is 31.3 Å². The van der Waals surface area contributed by atoms with E-state index in [1.54, 1.807) is 7.05 Å². The van der Waals surface area contributed by atoms with E-state index in [9.17, 15) is 13.2 Å². The molecular weight excluding hydrogens is 254 g/mol. The maximum Gasteiger partial charge on any atom is 0.248 e. The van der Waals surface area contributed by atoms with Gasteiger partial charge in [0.15, 0.2) is 0 Å². The summed E-state index contributed by atoms with van der Waals surface area (Å²) >= 11 is 0. The van der Waals surface area contributed by atoms with E-state index in [0.29, 0.717) is 13.1 Å². The van der Waals surface area contributed by atoms with Gasteiger partial charge in [0.1, 0.15) is 0 Å². The zero-order valence-electron chi connectivity index (χ0n) is 10.4. The molecule has 1 aromatic carbocycles. The van der Waals surface area contributed by atoms with Gasteiger partial charge >= 0.3 is 0 Å². The van der Waals surface area contributed by atoms with Crippen molar-refractivity contribution in [3.63, 3.8) is 0 Å². The third-order valence-corrected chi connectivity index (χ3v) is 4.39. The van der Waals surface area contributed by atoms with Crippen molar-refractivity contribution in [1.82, 2.24) is 9.62 Å². The highest BCUT2D eigenvalue weighted by atomic mass is 32.2. The second kappa shape index (κ2) is 5.94. The van der Waals surface area contributed by atoms with Crippen LogP contribution in [-0.4, -0.2) is 45.8 Å². The van der Waals surface area contributed by atoms with Crippen LogP contribution < -0.4 is 11.1 Å². The van der Waals surface area contributed by atoms with Crippen molar-refractivity contribution in [2.45, 2.75) is 4.90 Å². The van der Waals surface area contributed by atoms with Gasteiger partial charge in [-0.25, -0.2) is 8.42 Å². The van der Waals surface area contributed by atoms with Crippen molar-refractivity contribution in [3.05, 3.63) is 29.8 Å². The van der Waals surface area contributed by atoms with Gasteiger partial charge in [0.05, 0.1) is 4.90 Å². The zero-order chi connectivity index (χ0) is 13.8. The molecule has 1 amide bonds. The summed E-state index contributed by atoms with van der Waals surface area (Å²) in [5.41, 5.74) is 5.38. The Morgan fingerprint density at radius 1 is 1.33 bits per heavy atom. The predicted molar refractivity (Wildman–Crippen MR) is 68.7 cm³/mol. The van der Waals surface area contributed by atoms with E-state index in [4.69, 9.17) is 5.73 Å². The molecule has 0 radical (unpaired) electrons. The van der Waals surface area contributed by atoms with Gasteiger partial charge in [-0.15, -0.1) is 0 Å². The summed E-state index contributed by atoms with van der Waals surface area (Å²) in [6.07, 6.45) is 0. The van der Waals surface area contributed by atoms with Crippen LogP contribution in [0.5, 0.6) is 0 Å².